The molecule has 1 aromatic rings. The second-order valence-corrected chi connectivity index (χ2v) is 5.42. The highest BCUT2D eigenvalue weighted by Crippen LogP contribution is 2.48. The van der Waals surface area contributed by atoms with Crippen LogP contribution in [0.3, 0.4) is 0 Å². The van der Waals surface area contributed by atoms with Crippen LogP contribution >= 0.6 is 0 Å². The summed E-state index contributed by atoms with van der Waals surface area (Å²) in [6.45, 7) is 2.41. The van der Waals surface area contributed by atoms with Crippen LogP contribution in [0.2, 0.25) is 0 Å². The summed E-state index contributed by atoms with van der Waals surface area (Å²) in [4.78, 5) is 0. The first-order valence-corrected chi connectivity index (χ1v) is 6.45. The molecular formula is C15H20. The molecule has 0 amide bonds. The van der Waals surface area contributed by atoms with Crippen LogP contribution < -0.4 is 0 Å². The van der Waals surface area contributed by atoms with Crippen molar-refractivity contribution in [2.45, 2.75) is 50.9 Å². The van der Waals surface area contributed by atoms with E-state index in [0.717, 1.165) is 17.8 Å². The second kappa shape index (κ2) is 3.66. The van der Waals surface area contributed by atoms with Crippen molar-refractivity contribution in [1.82, 2.24) is 0 Å². The van der Waals surface area contributed by atoms with Gasteiger partial charge in [0.15, 0.2) is 0 Å². The highest BCUT2D eigenvalue weighted by molar-refractivity contribution is 5.36. The Hall–Kier alpha value is -0.780. The summed E-state index contributed by atoms with van der Waals surface area (Å²) in [7, 11) is 0. The van der Waals surface area contributed by atoms with E-state index in [-0.39, 0.29) is 0 Å². The summed E-state index contributed by atoms with van der Waals surface area (Å²) < 4.78 is 0. The van der Waals surface area contributed by atoms with Gasteiger partial charge in [-0.2, -0.15) is 0 Å². The Morgan fingerprint density at radius 2 is 1.73 bits per heavy atom. The number of hydrogen-bond acceptors (Lipinski definition) is 0. The lowest BCUT2D eigenvalue weighted by Crippen LogP contribution is -2.25. The first-order valence-electron chi connectivity index (χ1n) is 6.45. The third-order valence-electron chi connectivity index (χ3n) is 4.49. The molecule has 0 heterocycles. The quantitative estimate of drug-likeness (QED) is 0.579. The fraction of sp³-hybridized carbons (Fsp3) is 0.600. The second-order valence-electron chi connectivity index (χ2n) is 5.42. The van der Waals surface area contributed by atoms with E-state index in [0.29, 0.717) is 0 Å². The first-order chi connectivity index (χ1) is 7.36. The van der Waals surface area contributed by atoms with E-state index in [1.165, 1.54) is 32.1 Å². The van der Waals surface area contributed by atoms with Crippen LogP contribution in [-0.4, -0.2) is 0 Å². The van der Waals surface area contributed by atoms with Crippen molar-refractivity contribution >= 4 is 0 Å². The molecule has 0 N–H and O–H groups in total. The first kappa shape index (κ1) is 9.45. The third kappa shape index (κ3) is 1.51. The maximum Gasteiger partial charge on any atom is -0.0131 e. The topological polar surface area (TPSA) is 0 Å². The summed E-state index contributed by atoms with van der Waals surface area (Å²) >= 11 is 0. The molecule has 2 aliphatic carbocycles. The maximum atomic E-state index is 2.41. The zero-order valence-corrected chi connectivity index (χ0v) is 9.58. The lowest BCUT2D eigenvalue weighted by molar-refractivity contribution is 0.259. The standard InChI is InChI=1S/C15H20/c1-11-10-12-6-2-3-8-14(12)15-9-5-4-7-13(11)15/h4-5,7,9,11-12,14H,2-3,6,8,10H2,1H3. The molecule has 1 fully saturated rings. The number of benzene rings is 1. The van der Waals surface area contributed by atoms with Crippen molar-refractivity contribution in [1.29, 1.82) is 0 Å². The van der Waals surface area contributed by atoms with Gasteiger partial charge < -0.3 is 0 Å². The molecule has 0 aromatic heterocycles. The van der Waals surface area contributed by atoms with E-state index in [9.17, 15) is 0 Å². The Morgan fingerprint density at radius 3 is 2.60 bits per heavy atom. The fourth-order valence-corrected chi connectivity index (χ4v) is 3.78. The van der Waals surface area contributed by atoms with E-state index in [1.807, 2.05) is 0 Å². The average Bonchev–Trinajstić information content (AvgIpc) is 2.30. The van der Waals surface area contributed by atoms with Gasteiger partial charge in [0.25, 0.3) is 0 Å². The molecule has 2 aliphatic rings. The Morgan fingerprint density at radius 1 is 1.00 bits per heavy atom. The third-order valence-corrected chi connectivity index (χ3v) is 4.49. The SMILES string of the molecule is CC1CC2CCCCC2c2ccccc21. The molecule has 15 heavy (non-hydrogen) atoms. The molecule has 3 atom stereocenters. The average molecular weight is 200 g/mol. The molecule has 80 valence electrons. The molecule has 0 aliphatic heterocycles. The van der Waals surface area contributed by atoms with Crippen molar-refractivity contribution in [3.05, 3.63) is 35.4 Å². The minimum absolute atomic E-state index is 0.792. The van der Waals surface area contributed by atoms with E-state index < -0.39 is 0 Å². The van der Waals surface area contributed by atoms with Crippen LogP contribution in [0.15, 0.2) is 24.3 Å². The smallest absolute Gasteiger partial charge is 0.0131 e. The van der Waals surface area contributed by atoms with Crippen LogP contribution in [-0.2, 0) is 0 Å². The highest BCUT2D eigenvalue weighted by atomic mass is 14.4. The summed E-state index contributed by atoms with van der Waals surface area (Å²) in [5.41, 5.74) is 3.32. The monoisotopic (exact) mass is 200 g/mol. The molecule has 3 unspecified atom stereocenters. The molecule has 0 bridgehead atoms. The lowest BCUT2D eigenvalue weighted by atomic mass is 9.65. The highest BCUT2D eigenvalue weighted by Gasteiger charge is 2.33. The molecule has 0 heteroatoms. The van der Waals surface area contributed by atoms with Crippen molar-refractivity contribution in [2.24, 2.45) is 5.92 Å². The van der Waals surface area contributed by atoms with Gasteiger partial charge in [0.05, 0.1) is 0 Å². The van der Waals surface area contributed by atoms with Gasteiger partial charge in [0.2, 0.25) is 0 Å². The van der Waals surface area contributed by atoms with Gasteiger partial charge in [-0.1, -0.05) is 44.0 Å². The predicted molar refractivity (Wildman–Crippen MR) is 64.2 cm³/mol. The summed E-state index contributed by atoms with van der Waals surface area (Å²) in [6.07, 6.45) is 7.26. The van der Waals surface area contributed by atoms with Crippen LogP contribution in [0.4, 0.5) is 0 Å². The Balaban J connectivity index is 2.03. The van der Waals surface area contributed by atoms with Crippen LogP contribution in [0, 0.1) is 5.92 Å². The summed E-state index contributed by atoms with van der Waals surface area (Å²) in [5.74, 6) is 2.68. The molecule has 0 spiro atoms. The van der Waals surface area contributed by atoms with Gasteiger partial charge in [-0.25, -0.2) is 0 Å². The van der Waals surface area contributed by atoms with Gasteiger partial charge in [0.1, 0.15) is 0 Å². The molecule has 1 saturated carbocycles. The van der Waals surface area contributed by atoms with Gasteiger partial charge >= 0.3 is 0 Å². The lowest BCUT2D eigenvalue weighted by Gasteiger charge is -2.40. The summed E-state index contributed by atoms with van der Waals surface area (Å²) in [5, 5.41) is 0. The van der Waals surface area contributed by atoms with Gasteiger partial charge in [-0.15, -0.1) is 0 Å². The molecule has 3 rings (SSSR count). The normalized spacial score (nSPS) is 34.3. The predicted octanol–water partition coefficient (Wildman–Crippen LogP) is 4.47. The van der Waals surface area contributed by atoms with Crippen LogP contribution in [0.5, 0.6) is 0 Å². The van der Waals surface area contributed by atoms with E-state index in [2.05, 4.69) is 31.2 Å². The Bertz CT molecular complexity index is 353. The molecule has 0 saturated heterocycles. The largest absolute Gasteiger partial charge is 0.0620 e. The maximum absolute atomic E-state index is 2.41. The van der Waals surface area contributed by atoms with Crippen molar-refractivity contribution < 1.29 is 0 Å². The van der Waals surface area contributed by atoms with E-state index >= 15 is 0 Å². The molecular weight excluding hydrogens is 180 g/mol. The van der Waals surface area contributed by atoms with Crippen molar-refractivity contribution in [2.75, 3.05) is 0 Å². The van der Waals surface area contributed by atoms with E-state index in [4.69, 9.17) is 0 Å². The minimum atomic E-state index is 0.792. The van der Waals surface area contributed by atoms with Gasteiger partial charge in [-0.3, -0.25) is 0 Å². The Kier molecular flexibility index (Phi) is 2.31. The number of hydrogen-bond donors (Lipinski definition) is 0. The minimum Gasteiger partial charge on any atom is -0.0620 e. The van der Waals surface area contributed by atoms with Crippen molar-refractivity contribution in [3.63, 3.8) is 0 Å². The zero-order chi connectivity index (χ0) is 10.3. The van der Waals surface area contributed by atoms with Crippen molar-refractivity contribution in [3.8, 4) is 0 Å². The van der Waals surface area contributed by atoms with E-state index in [1.54, 1.807) is 11.1 Å². The molecule has 0 radical (unpaired) electrons. The summed E-state index contributed by atoms with van der Waals surface area (Å²) in [6, 6.07) is 9.17. The number of rotatable bonds is 0. The Labute approximate surface area is 92.7 Å². The number of fused-ring (bicyclic) bond motifs is 3. The molecule has 0 nitrogen and oxygen atoms in total. The fourth-order valence-electron chi connectivity index (χ4n) is 3.78. The van der Waals surface area contributed by atoms with Gasteiger partial charge in [-0.05, 0) is 48.1 Å². The zero-order valence-electron chi connectivity index (χ0n) is 9.58. The van der Waals surface area contributed by atoms with Crippen LogP contribution in [0.1, 0.15) is 62.0 Å². The van der Waals surface area contributed by atoms with Gasteiger partial charge in [0, 0.05) is 0 Å². The van der Waals surface area contributed by atoms with Crippen LogP contribution in [0.25, 0.3) is 0 Å². The molecule has 1 aromatic carbocycles.